The molecule has 0 aromatic heterocycles. The van der Waals surface area contributed by atoms with Gasteiger partial charge in [-0.05, 0) is 31.1 Å². The zero-order chi connectivity index (χ0) is 10.6. The first kappa shape index (κ1) is 12.0. The molecule has 1 aliphatic carbocycles. The van der Waals surface area contributed by atoms with Crippen molar-refractivity contribution in [2.75, 3.05) is 6.61 Å². The van der Waals surface area contributed by atoms with Crippen LogP contribution >= 0.6 is 0 Å². The normalized spacial score (nSPS) is 35.6. The molecule has 0 aromatic rings. The van der Waals surface area contributed by atoms with E-state index >= 15 is 0 Å². The van der Waals surface area contributed by atoms with Gasteiger partial charge in [0.2, 0.25) is 0 Å². The molecule has 84 valence electrons. The minimum Gasteiger partial charge on any atom is -0.395 e. The number of rotatable bonds is 4. The second-order valence-electron chi connectivity index (χ2n) is 4.96. The van der Waals surface area contributed by atoms with Gasteiger partial charge in [0, 0.05) is 12.1 Å². The van der Waals surface area contributed by atoms with E-state index in [1.54, 1.807) is 0 Å². The third-order valence-corrected chi connectivity index (χ3v) is 3.62. The molecular weight excluding hydrogens is 174 g/mol. The summed E-state index contributed by atoms with van der Waals surface area (Å²) in [6.07, 6.45) is 5.00. The van der Waals surface area contributed by atoms with Crippen molar-refractivity contribution in [1.82, 2.24) is 5.32 Å². The van der Waals surface area contributed by atoms with Gasteiger partial charge in [-0.15, -0.1) is 0 Å². The number of hydrogen-bond acceptors (Lipinski definition) is 2. The van der Waals surface area contributed by atoms with Gasteiger partial charge in [-0.3, -0.25) is 0 Å². The smallest absolute Gasteiger partial charge is 0.0584 e. The van der Waals surface area contributed by atoms with Crippen molar-refractivity contribution < 1.29 is 5.11 Å². The van der Waals surface area contributed by atoms with Crippen LogP contribution in [-0.2, 0) is 0 Å². The van der Waals surface area contributed by atoms with Crippen molar-refractivity contribution in [3.05, 3.63) is 0 Å². The molecule has 0 radical (unpaired) electrons. The van der Waals surface area contributed by atoms with E-state index in [9.17, 15) is 0 Å². The topological polar surface area (TPSA) is 32.3 Å². The minimum atomic E-state index is 0.272. The fourth-order valence-corrected chi connectivity index (χ4v) is 2.37. The van der Waals surface area contributed by atoms with E-state index in [0.717, 1.165) is 18.3 Å². The van der Waals surface area contributed by atoms with E-state index in [0.29, 0.717) is 12.1 Å². The molecule has 1 rings (SSSR count). The van der Waals surface area contributed by atoms with Gasteiger partial charge in [0.15, 0.2) is 0 Å². The lowest BCUT2D eigenvalue weighted by Gasteiger charge is -2.35. The lowest BCUT2D eigenvalue weighted by Crippen LogP contribution is -2.46. The maximum absolute atomic E-state index is 9.15. The predicted octanol–water partition coefficient (Wildman–Crippen LogP) is 2.17. The summed E-state index contributed by atoms with van der Waals surface area (Å²) in [5.41, 5.74) is 0. The molecule has 0 spiro atoms. The molecule has 3 unspecified atom stereocenters. The highest BCUT2D eigenvalue weighted by Crippen LogP contribution is 2.28. The average molecular weight is 199 g/mol. The predicted molar refractivity (Wildman–Crippen MR) is 60.3 cm³/mol. The van der Waals surface area contributed by atoms with Gasteiger partial charge in [-0.25, -0.2) is 0 Å². The molecule has 0 saturated heterocycles. The molecule has 2 heteroatoms. The van der Waals surface area contributed by atoms with E-state index in [2.05, 4.69) is 26.1 Å². The van der Waals surface area contributed by atoms with Crippen LogP contribution in [0.15, 0.2) is 0 Å². The monoisotopic (exact) mass is 199 g/mol. The summed E-state index contributed by atoms with van der Waals surface area (Å²) in [6, 6.07) is 0.920. The van der Waals surface area contributed by atoms with Crippen molar-refractivity contribution in [3.63, 3.8) is 0 Å². The van der Waals surface area contributed by atoms with Crippen LogP contribution in [0.5, 0.6) is 0 Å². The summed E-state index contributed by atoms with van der Waals surface area (Å²) >= 11 is 0. The van der Waals surface area contributed by atoms with Gasteiger partial charge in [-0.1, -0.05) is 27.2 Å². The zero-order valence-electron chi connectivity index (χ0n) is 9.79. The van der Waals surface area contributed by atoms with Crippen molar-refractivity contribution >= 4 is 0 Å². The third-order valence-electron chi connectivity index (χ3n) is 3.62. The molecule has 2 N–H and O–H groups in total. The van der Waals surface area contributed by atoms with Crippen molar-refractivity contribution in [1.29, 1.82) is 0 Å². The molecule has 2 nitrogen and oxygen atoms in total. The lowest BCUT2D eigenvalue weighted by molar-refractivity contribution is 0.173. The van der Waals surface area contributed by atoms with Gasteiger partial charge in [-0.2, -0.15) is 0 Å². The van der Waals surface area contributed by atoms with Crippen molar-refractivity contribution in [2.24, 2.45) is 11.8 Å². The van der Waals surface area contributed by atoms with E-state index in [1.165, 1.54) is 19.3 Å². The van der Waals surface area contributed by atoms with Crippen molar-refractivity contribution in [2.45, 2.75) is 58.5 Å². The SMILES string of the molecule is CC[C@@H](CO)NC1CC(C)CCC1C. The Morgan fingerprint density at radius 3 is 2.64 bits per heavy atom. The Hall–Kier alpha value is -0.0800. The van der Waals surface area contributed by atoms with Gasteiger partial charge >= 0.3 is 0 Å². The van der Waals surface area contributed by atoms with E-state index in [4.69, 9.17) is 5.11 Å². The molecule has 0 aromatic carbocycles. The highest BCUT2D eigenvalue weighted by atomic mass is 16.3. The maximum atomic E-state index is 9.15. The van der Waals surface area contributed by atoms with Crippen LogP contribution in [0.2, 0.25) is 0 Å². The number of nitrogens with one attached hydrogen (secondary N) is 1. The summed E-state index contributed by atoms with van der Waals surface area (Å²) in [4.78, 5) is 0. The van der Waals surface area contributed by atoms with Crippen LogP contribution in [0.3, 0.4) is 0 Å². The van der Waals surface area contributed by atoms with Crippen LogP contribution in [0.1, 0.15) is 46.5 Å². The van der Waals surface area contributed by atoms with Gasteiger partial charge in [0.05, 0.1) is 6.61 Å². The molecular formula is C12H25NO. The van der Waals surface area contributed by atoms with Crippen molar-refractivity contribution in [3.8, 4) is 0 Å². The molecule has 4 atom stereocenters. The van der Waals surface area contributed by atoms with Crippen LogP contribution in [-0.4, -0.2) is 23.8 Å². The van der Waals surface area contributed by atoms with Gasteiger partial charge in [0.25, 0.3) is 0 Å². The largest absolute Gasteiger partial charge is 0.395 e. The lowest BCUT2D eigenvalue weighted by atomic mass is 9.80. The Morgan fingerprint density at radius 2 is 2.07 bits per heavy atom. The first-order chi connectivity index (χ1) is 6.67. The Morgan fingerprint density at radius 1 is 1.36 bits per heavy atom. The standard InChI is InChI=1S/C12H25NO/c1-4-11(8-14)13-12-7-9(2)5-6-10(12)3/h9-14H,4-8H2,1-3H3/t9?,10?,11-,12?/m0/s1. The summed E-state index contributed by atoms with van der Waals surface area (Å²) in [6.45, 7) is 7.06. The molecule has 0 bridgehead atoms. The van der Waals surface area contributed by atoms with Gasteiger partial charge in [0.1, 0.15) is 0 Å². The summed E-state index contributed by atoms with van der Waals surface area (Å²) in [5.74, 6) is 1.62. The van der Waals surface area contributed by atoms with E-state index < -0.39 is 0 Å². The zero-order valence-corrected chi connectivity index (χ0v) is 9.79. The quantitative estimate of drug-likeness (QED) is 0.727. The fraction of sp³-hybridized carbons (Fsp3) is 1.00. The van der Waals surface area contributed by atoms with Crippen LogP contribution in [0, 0.1) is 11.8 Å². The number of aliphatic hydroxyl groups excluding tert-OH is 1. The maximum Gasteiger partial charge on any atom is 0.0584 e. The first-order valence-electron chi connectivity index (χ1n) is 6.04. The Labute approximate surface area is 88.1 Å². The van der Waals surface area contributed by atoms with E-state index in [1.807, 2.05) is 0 Å². The summed E-state index contributed by atoms with van der Waals surface area (Å²) < 4.78 is 0. The molecule has 0 amide bonds. The second-order valence-corrected chi connectivity index (χ2v) is 4.96. The molecule has 14 heavy (non-hydrogen) atoms. The highest BCUT2D eigenvalue weighted by molar-refractivity contribution is 4.83. The molecule has 1 fully saturated rings. The van der Waals surface area contributed by atoms with E-state index in [-0.39, 0.29) is 6.61 Å². The molecule has 1 aliphatic rings. The number of aliphatic hydroxyl groups is 1. The molecule has 1 saturated carbocycles. The van der Waals surface area contributed by atoms with Crippen LogP contribution < -0.4 is 5.32 Å². The third kappa shape index (κ3) is 3.25. The van der Waals surface area contributed by atoms with Crippen LogP contribution in [0.4, 0.5) is 0 Å². The Kier molecular flexibility index (Phi) is 4.90. The molecule has 0 heterocycles. The Bertz CT molecular complexity index is 156. The fourth-order valence-electron chi connectivity index (χ4n) is 2.37. The van der Waals surface area contributed by atoms with Crippen LogP contribution in [0.25, 0.3) is 0 Å². The minimum absolute atomic E-state index is 0.272. The Balaban J connectivity index is 2.40. The van der Waals surface area contributed by atoms with Gasteiger partial charge < -0.3 is 10.4 Å². The molecule has 0 aliphatic heterocycles. The highest BCUT2D eigenvalue weighted by Gasteiger charge is 2.26. The summed E-state index contributed by atoms with van der Waals surface area (Å²) in [5, 5.41) is 12.7. The first-order valence-corrected chi connectivity index (χ1v) is 6.04. The number of hydrogen-bond donors (Lipinski definition) is 2. The average Bonchev–Trinajstić information content (AvgIpc) is 2.19. The summed E-state index contributed by atoms with van der Waals surface area (Å²) in [7, 11) is 0. The second kappa shape index (κ2) is 5.72.